The van der Waals surface area contributed by atoms with E-state index in [-0.39, 0.29) is 11.4 Å². The standard InChI is InChI=1S/C19H23NO3S/c1-14-6-5-7-15(10-14)13-20-24(21,22)19-12-17-9-4-3-8-16(17)11-18(19)23-2/h5-7,10-12,20H,3-4,8-9,13H2,1-2H3. The minimum atomic E-state index is -3.62. The Labute approximate surface area is 143 Å². The Kier molecular flexibility index (Phi) is 4.92. The Hall–Kier alpha value is -1.85. The van der Waals surface area contributed by atoms with Crippen LogP contribution in [0, 0.1) is 6.92 Å². The summed E-state index contributed by atoms with van der Waals surface area (Å²) in [6.07, 6.45) is 4.17. The quantitative estimate of drug-likeness (QED) is 0.904. The SMILES string of the molecule is COc1cc2c(cc1S(=O)(=O)NCc1cccc(C)c1)CCCC2. The van der Waals surface area contributed by atoms with Gasteiger partial charge in [0, 0.05) is 6.54 Å². The molecule has 0 radical (unpaired) electrons. The number of aryl methyl sites for hydroxylation is 3. The average Bonchev–Trinajstić information content (AvgIpc) is 2.59. The van der Waals surface area contributed by atoms with Crippen molar-refractivity contribution in [2.45, 2.75) is 44.0 Å². The van der Waals surface area contributed by atoms with E-state index in [0.717, 1.165) is 42.4 Å². The third kappa shape index (κ3) is 3.62. The number of hydrogen-bond donors (Lipinski definition) is 1. The van der Waals surface area contributed by atoms with Crippen LogP contribution in [0.15, 0.2) is 41.3 Å². The fourth-order valence-corrected chi connectivity index (χ4v) is 4.40. The molecular weight excluding hydrogens is 322 g/mol. The molecule has 128 valence electrons. The summed E-state index contributed by atoms with van der Waals surface area (Å²) in [5.74, 6) is 0.424. The summed E-state index contributed by atoms with van der Waals surface area (Å²) in [6, 6.07) is 11.5. The van der Waals surface area contributed by atoms with Gasteiger partial charge in [-0.15, -0.1) is 0 Å². The molecule has 0 fully saturated rings. The molecule has 3 rings (SSSR count). The lowest BCUT2D eigenvalue weighted by atomic mass is 9.92. The molecule has 0 saturated heterocycles. The maximum absolute atomic E-state index is 12.8. The van der Waals surface area contributed by atoms with Crippen LogP contribution >= 0.6 is 0 Å². The van der Waals surface area contributed by atoms with Crippen molar-refractivity contribution in [3.63, 3.8) is 0 Å². The van der Waals surface area contributed by atoms with E-state index in [4.69, 9.17) is 4.74 Å². The number of benzene rings is 2. The van der Waals surface area contributed by atoms with Crippen molar-refractivity contribution in [3.05, 3.63) is 58.7 Å². The lowest BCUT2D eigenvalue weighted by Gasteiger charge is -2.19. The maximum Gasteiger partial charge on any atom is 0.244 e. The van der Waals surface area contributed by atoms with Gasteiger partial charge in [0.2, 0.25) is 10.0 Å². The van der Waals surface area contributed by atoms with E-state index in [1.54, 1.807) is 6.07 Å². The van der Waals surface area contributed by atoms with Gasteiger partial charge in [0.15, 0.2) is 0 Å². The smallest absolute Gasteiger partial charge is 0.244 e. The second-order valence-corrected chi connectivity index (χ2v) is 8.03. The van der Waals surface area contributed by atoms with Gasteiger partial charge in [-0.05, 0) is 61.4 Å². The van der Waals surface area contributed by atoms with E-state index in [1.807, 2.05) is 37.3 Å². The number of methoxy groups -OCH3 is 1. The van der Waals surface area contributed by atoms with Crippen LogP contribution in [0.2, 0.25) is 0 Å². The zero-order valence-corrected chi connectivity index (χ0v) is 14.9. The van der Waals surface area contributed by atoms with E-state index in [1.165, 1.54) is 12.7 Å². The van der Waals surface area contributed by atoms with Crippen molar-refractivity contribution in [1.29, 1.82) is 0 Å². The highest BCUT2D eigenvalue weighted by atomic mass is 32.2. The first-order valence-electron chi connectivity index (χ1n) is 8.24. The van der Waals surface area contributed by atoms with E-state index < -0.39 is 10.0 Å². The van der Waals surface area contributed by atoms with Gasteiger partial charge in [-0.25, -0.2) is 13.1 Å². The van der Waals surface area contributed by atoms with Crippen molar-refractivity contribution in [1.82, 2.24) is 4.72 Å². The summed E-state index contributed by atoms with van der Waals surface area (Å²) >= 11 is 0. The van der Waals surface area contributed by atoms with Crippen LogP contribution in [0.25, 0.3) is 0 Å². The van der Waals surface area contributed by atoms with Gasteiger partial charge in [0.05, 0.1) is 7.11 Å². The molecule has 0 amide bonds. The van der Waals surface area contributed by atoms with Gasteiger partial charge >= 0.3 is 0 Å². The molecule has 5 heteroatoms. The minimum Gasteiger partial charge on any atom is -0.495 e. The highest BCUT2D eigenvalue weighted by Gasteiger charge is 2.23. The van der Waals surface area contributed by atoms with E-state index in [2.05, 4.69) is 4.72 Å². The molecule has 1 aliphatic rings. The predicted molar refractivity (Wildman–Crippen MR) is 94.8 cm³/mol. The zero-order valence-electron chi connectivity index (χ0n) is 14.1. The first kappa shape index (κ1) is 17.0. The molecular formula is C19H23NO3S. The first-order chi connectivity index (χ1) is 11.5. The predicted octanol–water partition coefficient (Wildman–Crippen LogP) is 3.36. The highest BCUT2D eigenvalue weighted by Crippen LogP contribution is 2.31. The van der Waals surface area contributed by atoms with Crippen molar-refractivity contribution in [2.75, 3.05) is 7.11 Å². The number of ether oxygens (including phenoxy) is 1. The lowest BCUT2D eigenvalue weighted by Crippen LogP contribution is -2.24. The Morgan fingerprint density at radius 2 is 1.79 bits per heavy atom. The Morgan fingerprint density at radius 3 is 2.46 bits per heavy atom. The molecule has 0 bridgehead atoms. The first-order valence-corrected chi connectivity index (χ1v) is 9.73. The van der Waals surface area contributed by atoms with Gasteiger partial charge < -0.3 is 4.74 Å². The molecule has 24 heavy (non-hydrogen) atoms. The molecule has 0 unspecified atom stereocenters. The maximum atomic E-state index is 12.8. The second-order valence-electron chi connectivity index (χ2n) is 6.29. The van der Waals surface area contributed by atoms with Crippen molar-refractivity contribution >= 4 is 10.0 Å². The normalized spacial score (nSPS) is 14.2. The van der Waals surface area contributed by atoms with Crippen LogP contribution < -0.4 is 9.46 Å². The topological polar surface area (TPSA) is 55.4 Å². The lowest BCUT2D eigenvalue weighted by molar-refractivity contribution is 0.401. The van der Waals surface area contributed by atoms with Crippen molar-refractivity contribution < 1.29 is 13.2 Å². The monoisotopic (exact) mass is 345 g/mol. The zero-order chi connectivity index (χ0) is 17.2. The molecule has 1 N–H and O–H groups in total. The van der Waals surface area contributed by atoms with Gasteiger partial charge in [-0.2, -0.15) is 0 Å². The third-order valence-corrected chi connectivity index (χ3v) is 5.89. The van der Waals surface area contributed by atoms with Crippen LogP contribution in [-0.2, 0) is 29.4 Å². The van der Waals surface area contributed by atoms with E-state index in [9.17, 15) is 8.42 Å². The summed E-state index contributed by atoms with van der Waals surface area (Å²) in [5, 5.41) is 0. The van der Waals surface area contributed by atoms with Gasteiger partial charge in [0.1, 0.15) is 10.6 Å². The molecule has 0 aromatic heterocycles. The molecule has 0 saturated carbocycles. The molecule has 4 nitrogen and oxygen atoms in total. The number of sulfonamides is 1. The molecule has 0 spiro atoms. The molecule has 2 aromatic carbocycles. The van der Waals surface area contributed by atoms with Gasteiger partial charge in [0.25, 0.3) is 0 Å². The Morgan fingerprint density at radius 1 is 1.08 bits per heavy atom. The molecule has 0 aliphatic heterocycles. The highest BCUT2D eigenvalue weighted by molar-refractivity contribution is 7.89. The van der Waals surface area contributed by atoms with Crippen molar-refractivity contribution in [2.24, 2.45) is 0 Å². The fourth-order valence-electron chi connectivity index (χ4n) is 3.19. The van der Waals surface area contributed by atoms with Crippen LogP contribution in [0.4, 0.5) is 0 Å². The Balaban J connectivity index is 1.88. The molecule has 1 aliphatic carbocycles. The fraction of sp³-hybridized carbons (Fsp3) is 0.368. The number of hydrogen-bond acceptors (Lipinski definition) is 3. The summed E-state index contributed by atoms with van der Waals surface area (Å²) in [5.41, 5.74) is 4.38. The summed E-state index contributed by atoms with van der Waals surface area (Å²) < 4.78 is 33.6. The van der Waals surface area contributed by atoms with Gasteiger partial charge in [-0.3, -0.25) is 0 Å². The molecule has 0 atom stereocenters. The third-order valence-electron chi connectivity index (χ3n) is 4.47. The largest absolute Gasteiger partial charge is 0.495 e. The summed E-state index contributed by atoms with van der Waals surface area (Å²) in [6.45, 7) is 2.26. The average molecular weight is 345 g/mol. The molecule has 2 aromatic rings. The summed E-state index contributed by atoms with van der Waals surface area (Å²) in [7, 11) is -2.10. The molecule has 0 heterocycles. The van der Waals surface area contributed by atoms with Crippen molar-refractivity contribution in [3.8, 4) is 5.75 Å². The van der Waals surface area contributed by atoms with E-state index in [0.29, 0.717) is 5.75 Å². The van der Waals surface area contributed by atoms with Crippen LogP contribution in [0.5, 0.6) is 5.75 Å². The Bertz CT molecular complexity index is 844. The minimum absolute atomic E-state index is 0.235. The van der Waals surface area contributed by atoms with E-state index >= 15 is 0 Å². The number of rotatable bonds is 5. The second kappa shape index (κ2) is 6.95. The summed E-state index contributed by atoms with van der Waals surface area (Å²) in [4.78, 5) is 0.235. The number of nitrogens with one attached hydrogen (secondary N) is 1. The van der Waals surface area contributed by atoms with Gasteiger partial charge in [-0.1, -0.05) is 29.8 Å². The van der Waals surface area contributed by atoms with Crippen LogP contribution in [0.1, 0.15) is 35.1 Å². The number of fused-ring (bicyclic) bond motifs is 1. The van der Waals surface area contributed by atoms with Crippen LogP contribution in [0.3, 0.4) is 0 Å². The van der Waals surface area contributed by atoms with Crippen LogP contribution in [-0.4, -0.2) is 15.5 Å².